The third-order valence-corrected chi connectivity index (χ3v) is 10.3. The van der Waals surface area contributed by atoms with Gasteiger partial charge in [-0.1, -0.05) is 11.1 Å². The zero-order valence-electron chi connectivity index (χ0n) is 25.4. The number of benzene rings is 3. The molecule has 0 aliphatic rings. The first-order valence-electron chi connectivity index (χ1n) is 13.3. The number of carbonyl (C=O) groups is 1. The molecule has 0 spiro atoms. The maximum Gasteiger partial charge on any atom is 0.294 e. The van der Waals surface area contributed by atoms with Gasteiger partial charge in [0.15, 0.2) is 5.00 Å². The minimum absolute atomic E-state index is 0.0418. The minimum atomic E-state index is -4.62. The van der Waals surface area contributed by atoms with Crippen molar-refractivity contribution in [1.82, 2.24) is 9.10 Å². The Morgan fingerprint density at radius 3 is 2.48 bits per heavy atom. The zero-order chi connectivity index (χ0) is 36.7. The van der Waals surface area contributed by atoms with Gasteiger partial charge in [0.2, 0.25) is 10.0 Å². The molecule has 5 N–H and O–H groups in total. The molecule has 0 atom stereocenters. The highest BCUT2D eigenvalue weighted by Gasteiger charge is 2.21. The van der Waals surface area contributed by atoms with Crippen molar-refractivity contribution in [2.45, 2.75) is 9.79 Å². The third kappa shape index (κ3) is 10.1. The molecule has 50 heavy (non-hydrogen) atoms. The van der Waals surface area contributed by atoms with Crippen LogP contribution in [0.2, 0.25) is 0 Å². The molecule has 3 aromatic carbocycles. The number of amides is 1. The lowest BCUT2D eigenvalue weighted by molar-refractivity contribution is -0.431. The largest absolute Gasteiger partial charge is 0.494 e. The van der Waals surface area contributed by atoms with Crippen molar-refractivity contribution in [1.29, 1.82) is 0 Å². The molecule has 4 aromatic rings. The van der Waals surface area contributed by atoms with E-state index in [-0.39, 0.29) is 43.7 Å². The van der Waals surface area contributed by atoms with E-state index in [1.54, 1.807) is 0 Å². The summed E-state index contributed by atoms with van der Waals surface area (Å²) < 4.78 is 105. The number of aromatic nitrogens is 1. The number of azo groups is 1. The number of ether oxygens (including phenoxy) is 1. The Hall–Kier alpha value is -4.26. The van der Waals surface area contributed by atoms with Gasteiger partial charge in [-0.05, 0) is 54.0 Å². The maximum absolute atomic E-state index is 13.3. The Morgan fingerprint density at radius 2 is 1.80 bits per heavy atom. The first-order valence-corrected chi connectivity index (χ1v) is 19.3. The second-order valence-corrected chi connectivity index (χ2v) is 15.6. The number of fused-ring (bicyclic) bond motifs is 1. The van der Waals surface area contributed by atoms with Crippen LogP contribution in [0, 0.1) is 11.3 Å². The Morgan fingerprint density at radius 1 is 1.04 bits per heavy atom. The summed E-state index contributed by atoms with van der Waals surface area (Å²) in [5.74, 6) is -1.51. The van der Waals surface area contributed by atoms with E-state index in [1.807, 2.05) is 0 Å². The Bertz CT molecular complexity index is 2340. The lowest BCUT2D eigenvalue weighted by atomic mass is 10.1. The van der Waals surface area contributed by atoms with Crippen LogP contribution in [-0.2, 0) is 39.6 Å². The zero-order valence-corrected chi connectivity index (χ0v) is 29.4. The van der Waals surface area contributed by atoms with Crippen molar-refractivity contribution >= 4 is 92.7 Å². The van der Waals surface area contributed by atoms with Gasteiger partial charge >= 0.3 is 0 Å². The number of sulfonamides is 1. The van der Waals surface area contributed by atoms with E-state index >= 15 is 0 Å². The molecule has 0 bridgehead atoms. The van der Waals surface area contributed by atoms with Crippen molar-refractivity contribution < 1.29 is 58.5 Å². The predicted molar refractivity (Wildman–Crippen MR) is 181 cm³/mol. The fourth-order valence-corrected chi connectivity index (χ4v) is 7.05. The van der Waals surface area contributed by atoms with E-state index in [0.29, 0.717) is 17.6 Å². The SMILES string of the molecule is COc1cc(N=Nc2snc3ccc(S(=O)(=O)NCCS(=O)(=O)O)cc23)cc(NC(=O)c2cccc(S(=O)(=O)O)c2)c1N(C)C#CSOOO. The number of nitrogens with one attached hydrogen (secondary N) is 2. The summed E-state index contributed by atoms with van der Waals surface area (Å²) in [6, 6.07) is 14.0. The van der Waals surface area contributed by atoms with Crippen molar-refractivity contribution in [2.75, 3.05) is 36.7 Å². The van der Waals surface area contributed by atoms with Gasteiger partial charge in [0.05, 0.1) is 39.5 Å². The summed E-state index contributed by atoms with van der Waals surface area (Å²) >= 11 is 1.32. The topological polar surface area (TPSA) is 273 Å². The van der Waals surface area contributed by atoms with Crippen LogP contribution in [0.1, 0.15) is 10.4 Å². The number of hydrogen-bond donors (Lipinski definition) is 5. The highest BCUT2D eigenvalue weighted by atomic mass is 32.2. The van der Waals surface area contributed by atoms with Crippen LogP contribution in [0.3, 0.4) is 0 Å². The molecule has 1 amide bonds. The van der Waals surface area contributed by atoms with Gasteiger partial charge in [0, 0.05) is 41.9 Å². The lowest BCUT2D eigenvalue weighted by Crippen LogP contribution is -2.29. The summed E-state index contributed by atoms with van der Waals surface area (Å²) in [5.41, 5.74) is 0.577. The van der Waals surface area contributed by atoms with Crippen LogP contribution in [-0.4, -0.2) is 76.4 Å². The summed E-state index contributed by atoms with van der Waals surface area (Å²) in [7, 11) is -10.4. The molecule has 266 valence electrons. The van der Waals surface area contributed by atoms with Gasteiger partial charge in [-0.15, -0.1) is 14.6 Å². The van der Waals surface area contributed by atoms with E-state index in [2.05, 4.69) is 45.3 Å². The normalized spacial score (nSPS) is 12.1. The van der Waals surface area contributed by atoms with Crippen LogP contribution in [0.5, 0.6) is 5.75 Å². The van der Waals surface area contributed by atoms with Gasteiger partial charge in [-0.25, -0.2) is 18.4 Å². The summed E-state index contributed by atoms with van der Waals surface area (Å²) in [5, 5.41) is 25.8. The first kappa shape index (κ1) is 38.5. The molecule has 0 saturated carbocycles. The smallest absolute Gasteiger partial charge is 0.294 e. The highest BCUT2D eigenvalue weighted by Crippen LogP contribution is 2.41. The molecule has 4 rings (SSSR count). The molecule has 24 heteroatoms. The molecule has 1 aromatic heterocycles. The van der Waals surface area contributed by atoms with E-state index in [1.165, 1.54) is 61.5 Å². The number of methoxy groups -OCH3 is 1. The fourth-order valence-electron chi connectivity index (χ4n) is 4.05. The van der Waals surface area contributed by atoms with E-state index in [9.17, 15) is 34.6 Å². The number of carbonyl (C=O) groups excluding carboxylic acids is 1. The Labute approximate surface area is 293 Å². The van der Waals surface area contributed by atoms with Crippen molar-refractivity contribution in [3.05, 3.63) is 60.2 Å². The monoisotopic (exact) mass is 788 g/mol. The van der Waals surface area contributed by atoms with Gasteiger partial charge < -0.3 is 10.1 Å². The van der Waals surface area contributed by atoms with Crippen LogP contribution in [0.15, 0.2) is 74.6 Å². The number of hydrogen-bond acceptors (Lipinski definition) is 17. The molecular formula is C26H24N6O13S5. The van der Waals surface area contributed by atoms with E-state index in [4.69, 9.17) is 14.5 Å². The quantitative estimate of drug-likeness (QED) is 0.0178. The van der Waals surface area contributed by atoms with Crippen LogP contribution >= 0.6 is 23.6 Å². The van der Waals surface area contributed by atoms with Gasteiger partial charge in [0.1, 0.15) is 23.5 Å². The molecule has 19 nitrogen and oxygen atoms in total. The number of nitrogens with zero attached hydrogens (tertiary/aromatic N) is 4. The molecule has 1 heterocycles. The molecule has 0 aliphatic heterocycles. The fraction of sp³-hybridized carbons (Fsp3) is 0.154. The van der Waals surface area contributed by atoms with E-state index < -0.39 is 53.4 Å². The maximum atomic E-state index is 13.3. The molecule has 0 unspecified atom stereocenters. The standard InChI is InChI=1S/C26H24N6O13S5/c1-32(9-10-46-45-44-34)24-22(28-25(33)16-4-3-5-19(12-16)50(40,41)42)13-17(14-23(24)43-2)29-30-26-20-15-18(6-7-21(20)31-47-26)49(38,39)27-8-11-48(35,36)37/h3-7,12-15,27,34H,8,11H2,1-2H3,(H,28,33)(H,35,36,37)(H,40,41,42). The molecule has 0 aliphatic carbocycles. The second kappa shape index (κ2) is 16.2. The summed E-state index contributed by atoms with van der Waals surface area (Å²) in [6.07, 6.45) is 0. The van der Waals surface area contributed by atoms with E-state index in [0.717, 1.165) is 23.7 Å². The highest BCUT2D eigenvalue weighted by molar-refractivity contribution is 7.99. The average Bonchev–Trinajstić information content (AvgIpc) is 3.46. The van der Waals surface area contributed by atoms with Crippen LogP contribution in [0.4, 0.5) is 22.1 Å². The molecule has 0 radical (unpaired) electrons. The Balaban J connectivity index is 1.73. The van der Waals surface area contributed by atoms with Gasteiger partial charge in [0.25, 0.3) is 26.1 Å². The number of rotatable bonds is 14. The second-order valence-electron chi connectivity index (χ2n) is 9.55. The van der Waals surface area contributed by atoms with Gasteiger partial charge in [-0.3, -0.25) is 18.8 Å². The summed E-state index contributed by atoms with van der Waals surface area (Å²) in [4.78, 5) is 13.9. The van der Waals surface area contributed by atoms with Crippen LogP contribution in [0.25, 0.3) is 10.9 Å². The third-order valence-electron chi connectivity index (χ3n) is 6.22. The first-order chi connectivity index (χ1) is 23.5. The Kier molecular flexibility index (Phi) is 12.5. The van der Waals surface area contributed by atoms with Crippen molar-refractivity contribution in [2.24, 2.45) is 10.2 Å². The van der Waals surface area contributed by atoms with Gasteiger partial charge in [-0.2, -0.15) is 21.2 Å². The van der Waals surface area contributed by atoms with Crippen molar-refractivity contribution in [3.63, 3.8) is 0 Å². The summed E-state index contributed by atoms with van der Waals surface area (Å²) in [6.45, 7) is -0.569. The minimum Gasteiger partial charge on any atom is -0.494 e. The van der Waals surface area contributed by atoms with Crippen LogP contribution < -0.4 is 19.7 Å². The molecule has 0 saturated heterocycles. The number of anilines is 2. The average molecular weight is 789 g/mol. The molecular weight excluding hydrogens is 765 g/mol. The van der Waals surface area contributed by atoms with Crippen molar-refractivity contribution in [3.8, 4) is 17.0 Å². The lowest BCUT2D eigenvalue weighted by Gasteiger charge is -2.20. The molecule has 0 fully saturated rings. The predicted octanol–water partition coefficient (Wildman–Crippen LogP) is 3.81.